The molecule has 2 unspecified atom stereocenters. The van der Waals surface area contributed by atoms with Crippen LogP contribution in [0.4, 0.5) is 0 Å². The van der Waals surface area contributed by atoms with E-state index in [1.165, 1.54) is 0 Å². The summed E-state index contributed by atoms with van der Waals surface area (Å²) >= 11 is 0. The van der Waals surface area contributed by atoms with E-state index in [4.69, 9.17) is 9.47 Å². The van der Waals surface area contributed by atoms with Crippen LogP contribution < -0.4 is 0 Å². The van der Waals surface area contributed by atoms with E-state index in [1.54, 1.807) is 0 Å². The van der Waals surface area contributed by atoms with Crippen LogP contribution in [0.3, 0.4) is 0 Å². The zero-order chi connectivity index (χ0) is 16.9. The molecular weight excluding hydrogens is 264 g/mol. The Morgan fingerprint density at radius 3 is 1.81 bits per heavy atom. The van der Waals surface area contributed by atoms with E-state index in [0.717, 1.165) is 12.8 Å². The van der Waals surface area contributed by atoms with Gasteiger partial charge in [-0.15, -0.1) is 0 Å². The van der Waals surface area contributed by atoms with E-state index in [-0.39, 0.29) is 16.8 Å². The minimum Gasteiger partial charge on any atom is -0.435 e. The standard InChI is InChI=1S/C18H36O3/c1-10-18(9,13-17(6,7)8)15(19)21-14(20-11-2)12-16(3,4)5/h14H,10-13H2,1-9H3. The zero-order valence-electron chi connectivity index (χ0n) is 15.6. The van der Waals surface area contributed by atoms with Gasteiger partial charge in [-0.05, 0) is 37.5 Å². The molecule has 0 aromatic heterocycles. The number of carbonyl (C=O) groups is 1. The summed E-state index contributed by atoms with van der Waals surface area (Å²) in [4.78, 5) is 12.6. The predicted octanol–water partition coefficient (Wildman–Crippen LogP) is 5.18. The van der Waals surface area contributed by atoms with E-state index < -0.39 is 11.7 Å². The molecule has 0 amide bonds. The maximum atomic E-state index is 12.6. The molecule has 0 saturated carbocycles. The van der Waals surface area contributed by atoms with Gasteiger partial charge in [-0.1, -0.05) is 48.5 Å². The second kappa shape index (κ2) is 7.62. The van der Waals surface area contributed by atoms with E-state index >= 15 is 0 Å². The summed E-state index contributed by atoms with van der Waals surface area (Å²) in [7, 11) is 0. The first-order valence-electron chi connectivity index (χ1n) is 8.16. The largest absolute Gasteiger partial charge is 0.435 e. The molecule has 126 valence electrons. The van der Waals surface area contributed by atoms with Crippen LogP contribution >= 0.6 is 0 Å². The molecule has 0 aromatic carbocycles. The van der Waals surface area contributed by atoms with Gasteiger partial charge in [0.25, 0.3) is 0 Å². The van der Waals surface area contributed by atoms with Crippen molar-refractivity contribution in [3.05, 3.63) is 0 Å². The fraction of sp³-hybridized carbons (Fsp3) is 0.944. The van der Waals surface area contributed by atoms with Crippen LogP contribution in [-0.4, -0.2) is 18.9 Å². The summed E-state index contributed by atoms with van der Waals surface area (Å²) in [5, 5.41) is 0. The number of esters is 1. The molecule has 0 aliphatic heterocycles. The highest BCUT2D eigenvalue weighted by molar-refractivity contribution is 5.76. The Balaban J connectivity index is 4.93. The molecule has 3 heteroatoms. The molecule has 0 aromatic rings. The molecule has 0 heterocycles. The lowest BCUT2D eigenvalue weighted by molar-refractivity contribution is -0.195. The lowest BCUT2D eigenvalue weighted by atomic mass is 9.73. The molecule has 2 atom stereocenters. The molecule has 0 radical (unpaired) electrons. The van der Waals surface area contributed by atoms with E-state index in [9.17, 15) is 4.79 Å². The summed E-state index contributed by atoms with van der Waals surface area (Å²) in [6.07, 6.45) is 1.84. The summed E-state index contributed by atoms with van der Waals surface area (Å²) in [5.74, 6) is -0.136. The maximum Gasteiger partial charge on any atom is 0.314 e. The Morgan fingerprint density at radius 2 is 1.48 bits per heavy atom. The Hall–Kier alpha value is -0.570. The number of ether oxygens (including phenoxy) is 2. The van der Waals surface area contributed by atoms with Crippen molar-refractivity contribution < 1.29 is 14.3 Å². The zero-order valence-corrected chi connectivity index (χ0v) is 15.6. The third-order valence-electron chi connectivity index (χ3n) is 3.56. The van der Waals surface area contributed by atoms with E-state index in [2.05, 4.69) is 41.5 Å². The average Bonchev–Trinajstić information content (AvgIpc) is 2.24. The molecule has 0 N–H and O–H groups in total. The van der Waals surface area contributed by atoms with Crippen LogP contribution in [0.2, 0.25) is 0 Å². The van der Waals surface area contributed by atoms with Crippen molar-refractivity contribution in [2.45, 2.75) is 87.9 Å². The van der Waals surface area contributed by atoms with Crippen molar-refractivity contribution in [2.75, 3.05) is 6.61 Å². The van der Waals surface area contributed by atoms with Crippen LogP contribution in [0.5, 0.6) is 0 Å². The third kappa shape index (κ3) is 8.45. The van der Waals surface area contributed by atoms with Crippen molar-refractivity contribution in [2.24, 2.45) is 16.2 Å². The van der Waals surface area contributed by atoms with Gasteiger partial charge in [0.1, 0.15) is 0 Å². The van der Waals surface area contributed by atoms with Crippen molar-refractivity contribution in [1.29, 1.82) is 0 Å². The summed E-state index contributed by atoms with van der Waals surface area (Å²) in [6, 6.07) is 0. The molecule has 0 aliphatic carbocycles. The number of hydrogen-bond acceptors (Lipinski definition) is 3. The Bertz CT molecular complexity index is 322. The quantitative estimate of drug-likeness (QED) is 0.480. The topological polar surface area (TPSA) is 35.5 Å². The highest BCUT2D eigenvalue weighted by atomic mass is 16.7. The summed E-state index contributed by atoms with van der Waals surface area (Å²) in [5.41, 5.74) is -0.298. The van der Waals surface area contributed by atoms with Crippen LogP contribution in [0.15, 0.2) is 0 Å². The van der Waals surface area contributed by atoms with Gasteiger partial charge in [0, 0.05) is 13.0 Å². The molecule has 0 spiro atoms. The molecule has 0 saturated heterocycles. The number of rotatable bonds is 7. The highest BCUT2D eigenvalue weighted by Gasteiger charge is 2.38. The summed E-state index contributed by atoms with van der Waals surface area (Å²) in [6.45, 7) is 19.4. The molecule has 3 nitrogen and oxygen atoms in total. The normalized spacial score (nSPS) is 17.2. The van der Waals surface area contributed by atoms with Crippen molar-refractivity contribution in [1.82, 2.24) is 0 Å². The fourth-order valence-electron chi connectivity index (χ4n) is 2.59. The Morgan fingerprint density at radius 1 is 0.952 bits per heavy atom. The average molecular weight is 300 g/mol. The predicted molar refractivity (Wildman–Crippen MR) is 88.0 cm³/mol. The molecule has 0 bridgehead atoms. The van der Waals surface area contributed by atoms with Crippen LogP contribution in [-0.2, 0) is 14.3 Å². The summed E-state index contributed by atoms with van der Waals surface area (Å²) < 4.78 is 11.3. The van der Waals surface area contributed by atoms with E-state index in [0.29, 0.717) is 13.0 Å². The number of carbonyl (C=O) groups excluding carboxylic acids is 1. The highest BCUT2D eigenvalue weighted by Crippen LogP contribution is 2.38. The SMILES string of the molecule is CCOC(CC(C)(C)C)OC(=O)C(C)(CC)CC(C)(C)C. The van der Waals surface area contributed by atoms with Gasteiger partial charge in [-0.3, -0.25) is 4.79 Å². The van der Waals surface area contributed by atoms with Crippen LogP contribution in [0, 0.1) is 16.2 Å². The second-order valence-electron chi connectivity index (χ2n) is 8.71. The maximum absolute atomic E-state index is 12.6. The van der Waals surface area contributed by atoms with Gasteiger partial charge in [-0.25, -0.2) is 0 Å². The monoisotopic (exact) mass is 300 g/mol. The molecule has 21 heavy (non-hydrogen) atoms. The third-order valence-corrected chi connectivity index (χ3v) is 3.56. The molecule has 0 rings (SSSR count). The Labute approximate surface area is 131 Å². The fourth-order valence-corrected chi connectivity index (χ4v) is 2.59. The van der Waals surface area contributed by atoms with Gasteiger partial charge in [0.15, 0.2) is 0 Å². The number of hydrogen-bond donors (Lipinski definition) is 0. The first-order chi connectivity index (χ1) is 9.33. The van der Waals surface area contributed by atoms with Crippen LogP contribution in [0.1, 0.15) is 81.6 Å². The smallest absolute Gasteiger partial charge is 0.314 e. The van der Waals surface area contributed by atoms with Crippen molar-refractivity contribution >= 4 is 5.97 Å². The molecule has 0 aliphatic rings. The van der Waals surface area contributed by atoms with Crippen LogP contribution in [0.25, 0.3) is 0 Å². The van der Waals surface area contributed by atoms with Crippen molar-refractivity contribution in [3.8, 4) is 0 Å². The second-order valence-corrected chi connectivity index (χ2v) is 8.71. The first kappa shape index (κ1) is 20.4. The lowest BCUT2D eigenvalue weighted by Gasteiger charge is -2.35. The van der Waals surface area contributed by atoms with Gasteiger partial charge < -0.3 is 9.47 Å². The first-order valence-corrected chi connectivity index (χ1v) is 8.16. The van der Waals surface area contributed by atoms with Crippen molar-refractivity contribution in [3.63, 3.8) is 0 Å². The molecule has 0 fully saturated rings. The van der Waals surface area contributed by atoms with E-state index in [1.807, 2.05) is 20.8 Å². The molecular formula is C18H36O3. The van der Waals surface area contributed by atoms with Gasteiger partial charge in [0.05, 0.1) is 5.41 Å². The Kier molecular flexibility index (Phi) is 7.41. The van der Waals surface area contributed by atoms with Gasteiger partial charge >= 0.3 is 5.97 Å². The minimum atomic E-state index is -0.453. The lowest BCUT2D eigenvalue weighted by Crippen LogP contribution is -2.37. The van der Waals surface area contributed by atoms with Gasteiger partial charge in [-0.2, -0.15) is 0 Å². The minimum absolute atomic E-state index is 0.0623. The van der Waals surface area contributed by atoms with Gasteiger partial charge in [0.2, 0.25) is 6.29 Å².